The summed E-state index contributed by atoms with van der Waals surface area (Å²) in [5.74, 6) is 1.28. The Kier molecular flexibility index (Phi) is 3.61. The molecule has 0 bridgehead atoms. The van der Waals surface area contributed by atoms with Crippen LogP contribution < -0.4 is 14.8 Å². The molecule has 5 nitrogen and oxygen atoms in total. The summed E-state index contributed by atoms with van der Waals surface area (Å²) >= 11 is 1.42. The fourth-order valence-electron chi connectivity index (χ4n) is 2.68. The van der Waals surface area contributed by atoms with E-state index in [1.807, 2.05) is 44.2 Å². The number of nitrogens with zero attached hydrogens (tertiary/aromatic N) is 1. The zero-order chi connectivity index (χ0) is 16.7. The Labute approximate surface area is 143 Å². The van der Waals surface area contributed by atoms with Crippen LogP contribution in [-0.4, -0.2) is 24.1 Å². The van der Waals surface area contributed by atoms with Crippen molar-refractivity contribution in [2.75, 3.05) is 18.5 Å². The molecule has 0 saturated heterocycles. The van der Waals surface area contributed by atoms with Crippen molar-refractivity contribution >= 4 is 32.6 Å². The summed E-state index contributed by atoms with van der Waals surface area (Å²) in [6.07, 6.45) is 0. The van der Waals surface area contributed by atoms with Gasteiger partial charge in [-0.3, -0.25) is 10.1 Å². The largest absolute Gasteiger partial charge is 0.486 e. The van der Waals surface area contributed by atoms with Gasteiger partial charge in [-0.15, -0.1) is 0 Å². The number of anilines is 1. The third-order valence-corrected chi connectivity index (χ3v) is 5.06. The summed E-state index contributed by atoms with van der Waals surface area (Å²) in [6, 6.07) is 9.47. The number of carbonyl (C=O) groups is 1. The molecule has 3 aromatic rings. The number of thiazole rings is 1. The van der Waals surface area contributed by atoms with Crippen molar-refractivity contribution in [2.24, 2.45) is 0 Å². The van der Waals surface area contributed by atoms with Crippen LogP contribution in [0.4, 0.5) is 5.13 Å². The second-order valence-electron chi connectivity index (χ2n) is 5.68. The maximum atomic E-state index is 12.5. The van der Waals surface area contributed by atoms with Crippen LogP contribution in [0, 0.1) is 13.8 Å². The van der Waals surface area contributed by atoms with E-state index >= 15 is 0 Å². The van der Waals surface area contributed by atoms with E-state index in [0.717, 1.165) is 27.1 Å². The first kappa shape index (κ1) is 15.0. The molecule has 24 heavy (non-hydrogen) atoms. The van der Waals surface area contributed by atoms with Gasteiger partial charge in [0, 0.05) is 17.7 Å². The van der Waals surface area contributed by atoms with Gasteiger partial charge in [0.1, 0.15) is 13.2 Å². The van der Waals surface area contributed by atoms with Crippen molar-refractivity contribution in [1.29, 1.82) is 0 Å². The van der Waals surface area contributed by atoms with Gasteiger partial charge in [-0.25, -0.2) is 4.98 Å². The molecule has 0 fully saturated rings. The third-order valence-electron chi connectivity index (χ3n) is 4.12. The lowest BCUT2D eigenvalue weighted by molar-refractivity contribution is 0.102. The highest BCUT2D eigenvalue weighted by molar-refractivity contribution is 7.22. The minimum atomic E-state index is -0.146. The van der Waals surface area contributed by atoms with E-state index in [9.17, 15) is 4.79 Å². The molecule has 0 spiro atoms. The molecule has 2 heterocycles. The van der Waals surface area contributed by atoms with Crippen molar-refractivity contribution in [3.05, 3.63) is 47.0 Å². The van der Waals surface area contributed by atoms with Gasteiger partial charge in [0.15, 0.2) is 16.6 Å². The average Bonchev–Trinajstić information content (AvgIpc) is 2.95. The standard InChI is InChI=1S/C18H16N2O3S/c1-10-4-3-5-12(11(10)2)17(21)20-18-19-13-8-14-15(9-16(13)24-18)23-7-6-22-14/h3-5,8-9H,6-7H2,1-2H3,(H,19,20,21). The molecule has 0 aliphatic carbocycles. The molecule has 122 valence electrons. The van der Waals surface area contributed by atoms with Crippen molar-refractivity contribution < 1.29 is 14.3 Å². The summed E-state index contributed by atoms with van der Waals surface area (Å²) in [5, 5.41) is 3.46. The maximum absolute atomic E-state index is 12.5. The number of carbonyl (C=O) groups excluding carboxylic acids is 1. The minimum Gasteiger partial charge on any atom is -0.486 e. The Morgan fingerprint density at radius 3 is 2.71 bits per heavy atom. The quantitative estimate of drug-likeness (QED) is 0.768. The van der Waals surface area contributed by atoms with E-state index in [-0.39, 0.29) is 5.91 Å². The van der Waals surface area contributed by atoms with Gasteiger partial charge in [0.25, 0.3) is 5.91 Å². The topological polar surface area (TPSA) is 60.5 Å². The van der Waals surface area contributed by atoms with E-state index in [1.165, 1.54) is 11.3 Å². The van der Waals surface area contributed by atoms with Crippen LogP contribution in [0.1, 0.15) is 21.5 Å². The fraction of sp³-hybridized carbons (Fsp3) is 0.222. The maximum Gasteiger partial charge on any atom is 0.257 e. The number of ether oxygens (including phenoxy) is 2. The zero-order valence-corrected chi connectivity index (χ0v) is 14.2. The van der Waals surface area contributed by atoms with Gasteiger partial charge in [0.05, 0.1) is 10.2 Å². The van der Waals surface area contributed by atoms with Crippen molar-refractivity contribution in [3.8, 4) is 11.5 Å². The Bertz CT molecular complexity index is 906. The van der Waals surface area contributed by atoms with E-state index in [4.69, 9.17) is 9.47 Å². The second-order valence-corrected chi connectivity index (χ2v) is 6.71. The van der Waals surface area contributed by atoms with Crippen LogP contribution in [0.3, 0.4) is 0 Å². The summed E-state index contributed by atoms with van der Waals surface area (Å²) in [6.45, 7) is 5.03. The van der Waals surface area contributed by atoms with Gasteiger partial charge in [0.2, 0.25) is 0 Å². The fourth-order valence-corrected chi connectivity index (χ4v) is 3.55. The Hall–Kier alpha value is -2.60. The predicted molar refractivity (Wildman–Crippen MR) is 94.5 cm³/mol. The minimum absolute atomic E-state index is 0.146. The highest BCUT2D eigenvalue weighted by atomic mass is 32.1. The highest BCUT2D eigenvalue weighted by Crippen LogP contribution is 2.37. The SMILES string of the molecule is Cc1cccc(C(=O)Nc2nc3cc4c(cc3s2)OCCO4)c1C. The summed E-state index contributed by atoms with van der Waals surface area (Å²) in [7, 11) is 0. The molecule has 4 rings (SSSR count). The molecule has 1 aliphatic heterocycles. The number of aryl methyl sites for hydroxylation is 1. The van der Waals surface area contributed by atoms with Gasteiger partial charge >= 0.3 is 0 Å². The van der Waals surface area contributed by atoms with Gasteiger partial charge < -0.3 is 9.47 Å². The summed E-state index contributed by atoms with van der Waals surface area (Å²) < 4.78 is 12.1. The van der Waals surface area contributed by atoms with E-state index < -0.39 is 0 Å². The van der Waals surface area contributed by atoms with Crippen LogP contribution in [-0.2, 0) is 0 Å². The lowest BCUT2D eigenvalue weighted by Gasteiger charge is -2.17. The number of fused-ring (bicyclic) bond motifs is 2. The molecule has 0 unspecified atom stereocenters. The Morgan fingerprint density at radius 1 is 1.17 bits per heavy atom. The molecule has 2 aromatic carbocycles. The first-order chi connectivity index (χ1) is 11.6. The number of amides is 1. The molecule has 0 atom stereocenters. The highest BCUT2D eigenvalue weighted by Gasteiger charge is 2.17. The molecular formula is C18H16N2O3S. The molecule has 0 radical (unpaired) electrons. The van der Waals surface area contributed by atoms with Crippen LogP contribution in [0.2, 0.25) is 0 Å². The van der Waals surface area contributed by atoms with E-state index in [2.05, 4.69) is 10.3 Å². The molecule has 1 aromatic heterocycles. The lowest BCUT2D eigenvalue weighted by Crippen LogP contribution is -2.15. The average molecular weight is 340 g/mol. The summed E-state index contributed by atoms with van der Waals surface area (Å²) in [5.41, 5.74) is 3.53. The molecule has 1 amide bonds. The zero-order valence-electron chi connectivity index (χ0n) is 13.4. The molecular weight excluding hydrogens is 324 g/mol. The van der Waals surface area contributed by atoms with Crippen molar-refractivity contribution in [3.63, 3.8) is 0 Å². The molecule has 1 N–H and O–H groups in total. The molecule has 1 aliphatic rings. The summed E-state index contributed by atoms with van der Waals surface area (Å²) in [4.78, 5) is 17.0. The van der Waals surface area contributed by atoms with Crippen LogP contribution in [0.25, 0.3) is 10.2 Å². The van der Waals surface area contributed by atoms with Crippen LogP contribution >= 0.6 is 11.3 Å². The van der Waals surface area contributed by atoms with Gasteiger partial charge in [-0.2, -0.15) is 0 Å². The van der Waals surface area contributed by atoms with E-state index in [1.54, 1.807) is 0 Å². The smallest absolute Gasteiger partial charge is 0.257 e. The van der Waals surface area contributed by atoms with Crippen molar-refractivity contribution in [1.82, 2.24) is 4.98 Å². The van der Waals surface area contributed by atoms with Crippen molar-refractivity contribution in [2.45, 2.75) is 13.8 Å². The number of benzene rings is 2. The Morgan fingerprint density at radius 2 is 1.92 bits per heavy atom. The van der Waals surface area contributed by atoms with E-state index in [0.29, 0.717) is 29.7 Å². The first-order valence-electron chi connectivity index (χ1n) is 7.69. The monoisotopic (exact) mass is 340 g/mol. The van der Waals surface area contributed by atoms with Gasteiger partial charge in [-0.1, -0.05) is 23.5 Å². The normalized spacial score (nSPS) is 13.1. The molecule has 0 saturated carbocycles. The predicted octanol–water partition coefficient (Wildman–Crippen LogP) is 3.94. The lowest BCUT2D eigenvalue weighted by atomic mass is 10.0. The number of rotatable bonds is 2. The first-order valence-corrected chi connectivity index (χ1v) is 8.51. The number of hydrogen-bond donors (Lipinski definition) is 1. The number of hydrogen-bond acceptors (Lipinski definition) is 5. The van der Waals surface area contributed by atoms with Crippen LogP contribution in [0.5, 0.6) is 11.5 Å². The van der Waals surface area contributed by atoms with Crippen LogP contribution in [0.15, 0.2) is 30.3 Å². The number of nitrogens with one attached hydrogen (secondary N) is 1. The second kappa shape index (κ2) is 5.79. The molecule has 6 heteroatoms. The van der Waals surface area contributed by atoms with Gasteiger partial charge in [-0.05, 0) is 31.0 Å². The number of aromatic nitrogens is 1. The third kappa shape index (κ3) is 2.59. The Balaban J connectivity index is 1.65.